The van der Waals surface area contributed by atoms with Crippen LogP contribution in [0.5, 0.6) is 11.5 Å². The van der Waals surface area contributed by atoms with Gasteiger partial charge in [-0.2, -0.15) is 0 Å². The van der Waals surface area contributed by atoms with Crippen molar-refractivity contribution in [3.63, 3.8) is 0 Å². The van der Waals surface area contributed by atoms with E-state index in [0.29, 0.717) is 23.6 Å². The number of methoxy groups -OCH3 is 2. The molecule has 0 spiro atoms. The molecule has 0 radical (unpaired) electrons. The van der Waals surface area contributed by atoms with E-state index >= 15 is 0 Å². The van der Waals surface area contributed by atoms with Crippen molar-refractivity contribution in [3.05, 3.63) is 52.8 Å². The van der Waals surface area contributed by atoms with Gasteiger partial charge >= 0.3 is 0 Å². The summed E-state index contributed by atoms with van der Waals surface area (Å²) in [7, 11) is 3.17. The number of rotatable bonds is 5. The standard InChI is InChI=1S/C15H15ClFNO2/c1-19-12-6-11(7-13(8-12)20-2)18-9-10-4-3-5-14(17)15(10)16/h3-8,18H,9H2,1-2H3. The van der Waals surface area contributed by atoms with E-state index in [-0.39, 0.29) is 5.02 Å². The Labute approximate surface area is 122 Å². The van der Waals surface area contributed by atoms with Crippen LogP contribution in [0.25, 0.3) is 0 Å². The Morgan fingerprint density at radius 2 is 1.75 bits per heavy atom. The molecule has 0 aliphatic carbocycles. The second kappa shape index (κ2) is 6.48. The van der Waals surface area contributed by atoms with Crippen LogP contribution in [-0.2, 0) is 6.54 Å². The predicted molar refractivity (Wildman–Crippen MR) is 78.3 cm³/mol. The Morgan fingerprint density at radius 1 is 1.10 bits per heavy atom. The molecule has 0 amide bonds. The largest absolute Gasteiger partial charge is 0.497 e. The molecule has 0 aliphatic rings. The molecule has 0 heterocycles. The number of ether oxygens (including phenoxy) is 2. The number of benzene rings is 2. The summed E-state index contributed by atoms with van der Waals surface area (Å²) in [6.07, 6.45) is 0. The first-order chi connectivity index (χ1) is 9.63. The highest BCUT2D eigenvalue weighted by atomic mass is 35.5. The number of anilines is 1. The van der Waals surface area contributed by atoms with Crippen LogP contribution < -0.4 is 14.8 Å². The number of hydrogen-bond acceptors (Lipinski definition) is 3. The lowest BCUT2D eigenvalue weighted by Gasteiger charge is -2.11. The van der Waals surface area contributed by atoms with Gasteiger partial charge < -0.3 is 14.8 Å². The molecule has 2 aromatic carbocycles. The maximum atomic E-state index is 13.3. The monoisotopic (exact) mass is 295 g/mol. The van der Waals surface area contributed by atoms with Crippen molar-refractivity contribution in [2.24, 2.45) is 0 Å². The first-order valence-electron chi connectivity index (χ1n) is 6.04. The third kappa shape index (κ3) is 3.33. The summed E-state index contributed by atoms with van der Waals surface area (Å²) in [4.78, 5) is 0. The molecule has 20 heavy (non-hydrogen) atoms. The first-order valence-corrected chi connectivity index (χ1v) is 6.41. The molecule has 3 nitrogen and oxygen atoms in total. The van der Waals surface area contributed by atoms with Crippen molar-refractivity contribution < 1.29 is 13.9 Å². The molecule has 0 unspecified atom stereocenters. The second-order valence-electron chi connectivity index (χ2n) is 4.17. The average molecular weight is 296 g/mol. The summed E-state index contributed by atoms with van der Waals surface area (Å²) in [5, 5.41) is 3.30. The zero-order chi connectivity index (χ0) is 14.5. The zero-order valence-electron chi connectivity index (χ0n) is 11.2. The Hall–Kier alpha value is -1.94. The van der Waals surface area contributed by atoms with E-state index in [1.807, 2.05) is 12.1 Å². The third-order valence-electron chi connectivity index (χ3n) is 2.87. The summed E-state index contributed by atoms with van der Waals surface area (Å²) >= 11 is 5.91. The van der Waals surface area contributed by atoms with Gasteiger partial charge in [-0.25, -0.2) is 4.39 Å². The highest BCUT2D eigenvalue weighted by Gasteiger charge is 2.06. The van der Waals surface area contributed by atoms with Gasteiger partial charge in [-0.3, -0.25) is 0 Å². The molecule has 2 rings (SSSR count). The zero-order valence-corrected chi connectivity index (χ0v) is 12.0. The van der Waals surface area contributed by atoms with Crippen molar-refractivity contribution >= 4 is 17.3 Å². The van der Waals surface area contributed by atoms with Crippen LogP contribution in [0.15, 0.2) is 36.4 Å². The lowest BCUT2D eigenvalue weighted by atomic mass is 10.2. The van der Waals surface area contributed by atoms with E-state index in [2.05, 4.69) is 5.32 Å². The molecule has 0 fully saturated rings. The van der Waals surface area contributed by atoms with Crippen LogP contribution in [0.4, 0.5) is 10.1 Å². The van der Waals surface area contributed by atoms with Gasteiger partial charge in [0.2, 0.25) is 0 Å². The summed E-state index contributed by atoms with van der Waals surface area (Å²) in [6, 6.07) is 10.2. The minimum atomic E-state index is -0.422. The Balaban J connectivity index is 2.16. The predicted octanol–water partition coefficient (Wildman–Crippen LogP) is 4.11. The fourth-order valence-corrected chi connectivity index (χ4v) is 1.98. The molecule has 0 aliphatic heterocycles. The van der Waals surface area contributed by atoms with Crippen LogP contribution >= 0.6 is 11.6 Å². The normalized spacial score (nSPS) is 10.2. The minimum absolute atomic E-state index is 0.134. The molecular weight excluding hydrogens is 281 g/mol. The third-order valence-corrected chi connectivity index (χ3v) is 3.29. The highest BCUT2D eigenvalue weighted by molar-refractivity contribution is 6.31. The Kier molecular flexibility index (Phi) is 4.69. The lowest BCUT2D eigenvalue weighted by molar-refractivity contribution is 0.394. The van der Waals surface area contributed by atoms with E-state index < -0.39 is 5.82 Å². The van der Waals surface area contributed by atoms with E-state index in [4.69, 9.17) is 21.1 Å². The van der Waals surface area contributed by atoms with E-state index in [0.717, 1.165) is 5.69 Å². The van der Waals surface area contributed by atoms with E-state index in [9.17, 15) is 4.39 Å². The molecule has 5 heteroatoms. The molecule has 0 saturated carbocycles. The summed E-state index contributed by atoms with van der Waals surface area (Å²) in [6.45, 7) is 0.410. The quantitative estimate of drug-likeness (QED) is 0.900. The molecule has 2 aromatic rings. The molecular formula is C15H15ClFNO2. The van der Waals surface area contributed by atoms with E-state index in [1.54, 1.807) is 32.4 Å². The molecule has 106 valence electrons. The van der Waals surface area contributed by atoms with Crippen molar-refractivity contribution in [2.75, 3.05) is 19.5 Å². The van der Waals surface area contributed by atoms with Gasteiger partial charge in [0.1, 0.15) is 17.3 Å². The summed E-state index contributed by atoms with van der Waals surface area (Å²) < 4.78 is 23.7. The van der Waals surface area contributed by atoms with E-state index in [1.165, 1.54) is 6.07 Å². The number of nitrogens with one attached hydrogen (secondary N) is 1. The molecule has 0 aromatic heterocycles. The van der Waals surface area contributed by atoms with Gasteiger partial charge in [0, 0.05) is 30.4 Å². The fraction of sp³-hybridized carbons (Fsp3) is 0.200. The molecule has 0 saturated heterocycles. The van der Waals surface area contributed by atoms with Crippen molar-refractivity contribution in [1.29, 1.82) is 0 Å². The second-order valence-corrected chi connectivity index (χ2v) is 4.55. The van der Waals surface area contributed by atoms with Crippen molar-refractivity contribution in [2.45, 2.75) is 6.54 Å². The maximum Gasteiger partial charge on any atom is 0.142 e. The summed E-state index contributed by atoms with van der Waals surface area (Å²) in [5.74, 6) is 0.934. The van der Waals surface area contributed by atoms with Crippen LogP contribution in [0.2, 0.25) is 5.02 Å². The minimum Gasteiger partial charge on any atom is -0.497 e. The Morgan fingerprint density at radius 3 is 2.35 bits per heavy atom. The highest BCUT2D eigenvalue weighted by Crippen LogP contribution is 2.27. The van der Waals surface area contributed by atoms with Gasteiger partial charge in [-0.05, 0) is 11.6 Å². The lowest BCUT2D eigenvalue weighted by Crippen LogP contribution is -2.01. The SMILES string of the molecule is COc1cc(NCc2cccc(F)c2Cl)cc(OC)c1. The number of halogens is 2. The van der Waals surface area contributed by atoms with Gasteiger partial charge in [0.25, 0.3) is 0 Å². The molecule has 1 N–H and O–H groups in total. The average Bonchev–Trinajstić information content (AvgIpc) is 2.48. The maximum absolute atomic E-state index is 13.3. The van der Waals surface area contributed by atoms with Gasteiger partial charge in [-0.15, -0.1) is 0 Å². The topological polar surface area (TPSA) is 30.5 Å². The van der Waals surface area contributed by atoms with Crippen LogP contribution in [-0.4, -0.2) is 14.2 Å². The van der Waals surface area contributed by atoms with Crippen LogP contribution in [0.1, 0.15) is 5.56 Å². The van der Waals surface area contributed by atoms with Gasteiger partial charge in [0.05, 0.1) is 19.2 Å². The van der Waals surface area contributed by atoms with Crippen LogP contribution in [0, 0.1) is 5.82 Å². The molecule has 0 bridgehead atoms. The van der Waals surface area contributed by atoms with Crippen molar-refractivity contribution in [1.82, 2.24) is 0 Å². The van der Waals surface area contributed by atoms with Crippen molar-refractivity contribution in [3.8, 4) is 11.5 Å². The summed E-state index contributed by atoms with van der Waals surface area (Å²) in [5.41, 5.74) is 1.50. The molecule has 0 atom stereocenters. The van der Waals surface area contributed by atoms with Gasteiger partial charge in [0.15, 0.2) is 0 Å². The van der Waals surface area contributed by atoms with Crippen LogP contribution in [0.3, 0.4) is 0 Å². The fourth-order valence-electron chi connectivity index (χ4n) is 1.79. The number of hydrogen-bond donors (Lipinski definition) is 1. The van der Waals surface area contributed by atoms with Gasteiger partial charge in [-0.1, -0.05) is 23.7 Å². The smallest absolute Gasteiger partial charge is 0.142 e. The first kappa shape index (κ1) is 14.5. The Bertz CT molecular complexity index is 582.